The van der Waals surface area contributed by atoms with Gasteiger partial charge in [0.05, 0.1) is 18.6 Å². The Hall–Kier alpha value is -3.38. The molecule has 0 saturated carbocycles. The van der Waals surface area contributed by atoms with E-state index in [9.17, 15) is 28.0 Å². The summed E-state index contributed by atoms with van der Waals surface area (Å²) in [5, 5.41) is 25.5. The number of nitrogens with one attached hydrogen (secondary N) is 1. The van der Waals surface area contributed by atoms with E-state index >= 15 is 0 Å². The van der Waals surface area contributed by atoms with Crippen molar-refractivity contribution in [3.63, 3.8) is 0 Å². The molecule has 12 heteroatoms. The highest BCUT2D eigenvalue weighted by Gasteiger charge is 2.35. The molecule has 1 amide bonds. The molecule has 0 aliphatic heterocycles. The summed E-state index contributed by atoms with van der Waals surface area (Å²) >= 11 is 0. The van der Waals surface area contributed by atoms with Gasteiger partial charge < -0.3 is 24.6 Å². The molecule has 3 rings (SSSR count). The van der Waals surface area contributed by atoms with Gasteiger partial charge in [0.15, 0.2) is 5.82 Å². The number of aromatic nitrogens is 2. The van der Waals surface area contributed by atoms with E-state index in [1.54, 1.807) is 12.1 Å². The van der Waals surface area contributed by atoms with Crippen LogP contribution in [0.4, 0.5) is 13.2 Å². The highest BCUT2D eigenvalue weighted by atomic mass is 19.4. The SMILES string of the molecule is COc1ccc(C[C@H](NC(=O)CCc2noc(-c3ccccc3)n2)B(O)O)cc1C(F)(F)F. The number of halogens is 3. The molecule has 3 N–H and O–H groups in total. The van der Waals surface area contributed by atoms with Gasteiger partial charge in [-0.1, -0.05) is 29.4 Å². The van der Waals surface area contributed by atoms with Crippen LogP contribution in [0.15, 0.2) is 53.1 Å². The van der Waals surface area contributed by atoms with E-state index in [0.717, 1.165) is 24.8 Å². The molecule has 1 atom stereocenters. The zero-order valence-electron chi connectivity index (χ0n) is 17.5. The fourth-order valence-corrected chi connectivity index (χ4v) is 3.15. The average molecular weight is 463 g/mol. The monoisotopic (exact) mass is 463 g/mol. The molecule has 33 heavy (non-hydrogen) atoms. The first-order valence-electron chi connectivity index (χ1n) is 9.95. The van der Waals surface area contributed by atoms with Gasteiger partial charge in [0.2, 0.25) is 5.91 Å². The second-order valence-electron chi connectivity index (χ2n) is 7.21. The van der Waals surface area contributed by atoms with Crippen molar-refractivity contribution in [1.29, 1.82) is 0 Å². The summed E-state index contributed by atoms with van der Waals surface area (Å²) in [5.74, 6) is -1.54. The normalized spacial score (nSPS) is 12.3. The number of amides is 1. The van der Waals surface area contributed by atoms with E-state index < -0.39 is 30.7 Å². The second kappa shape index (κ2) is 10.5. The molecule has 2 aromatic carbocycles. The largest absolute Gasteiger partial charge is 0.496 e. The van der Waals surface area contributed by atoms with Crippen LogP contribution in [-0.4, -0.2) is 46.3 Å². The van der Waals surface area contributed by atoms with Gasteiger partial charge in [0, 0.05) is 18.4 Å². The maximum absolute atomic E-state index is 13.2. The van der Waals surface area contributed by atoms with Crippen molar-refractivity contribution in [2.24, 2.45) is 0 Å². The Morgan fingerprint density at radius 3 is 2.58 bits per heavy atom. The molecule has 0 bridgehead atoms. The van der Waals surface area contributed by atoms with Gasteiger partial charge in [-0.15, -0.1) is 0 Å². The van der Waals surface area contributed by atoms with Crippen molar-refractivity contribution >= 4 is 13.0 Å². The number of hydrogen-bond acceptors (Lipinski definition) is 7. The molecule has 1 aromatic heterocycles. The molecule has 0 spiro atoms. The van der Waals surface area contributed by atoms with Crippen LogP contribution in [0.3, 0.4) is 0 Å². The molecule has 0 aliphatic rings. The van der Waals surface area contributed by atoms with Crippen LogP contribution < -0.4 is 10.1 Å². The van der Waals surface area contributed by atoms with Gasteiger partial charge in [0.25, 0.3) is 5.89 Å². The number of nitrogens with zero attached hydrogens (tertiary/aromatic N) is 2. The molecule has 8 nitrogen and oxygen atoms in total. The van der Waals surface area contributed by atoms with Gasteiger partial charge in [-0.2, -0.15) is 18.2 Å². The first-order valence-corrected chi connectivity index (χ1v) is 9.95. The maximum atomic E-state index is 13.2. The number of methoxy groups -OCH3 is 1. The molecule has 0 aliphatic carbocycles. The second-order valence-corrected chi connectivity index (χ2v) is 7.21. The summed E-state index contributed by atoms with van der Waals surface area (Å²) in [6.45, 7) is 0. The van der Waals surface area contributed by atoms with Gasteiger partial charge >= 0.3 is 13.3 Å². The van der Waals surface area contributed by atoms with Crippen LogP contribution in [0.1, 0.15) is 23.4 Å². The summed E-state index contributed by atoms with van der Waals surface area (Å²) in [6.07, 6.45) is -4.86. The third-order valence-corrected chi connectivity index (χ3v) is 4.80. The Kier molecular flexibility index (Phi) is 7.72. The van der Waals surface area contributed by atoms with E-state index in [-0.39, 0.29) is 36.4 Å². The van der Waals surface area contributed by atoms with Crippen molar-refractivity contribution in [3.8, 4) is 17.2 Å². The van der Waals surface area contributed by atoms with Crippen molar-refractivity contribution in [3.05, 3.63) is 65.5 Å². The lowest BCUT2D eigenvalue weighted by molar-refractivity contribution is -0.138. The van der Waals surface area contributed by atoms with Crippen LogP contribution in [0.25, 0.3) is 11.5 Å². The fourth-order valence-electron chi connectivity index (χ4n) is 3.15. The Labute approximate surface area is 187 Å². The number of aryl methyl sites for hydroxylation is 1. The van der Waals surface area contributed by atoms with Gasteiger partial charge in [0.1, 0.15) is 5.75 Å². The lowest BCUT2D eigenvalue weighted by Crippen LogP contribution is -2.48. The highest BCUT2D eigenvalue weighted by molar-refractivity contribution is 6.43. The quantitative estimate of drug-likeness (QED) is 0.418. The number of hydrogen-bond donors (Lipinski definition) is 3. The lowest BCUT2D eigenvalue weighted by Gasteiger charge is -2.19. The molecule has 0 unspecified atom stereocenters. The highest BCUT2D eigenvalue weighted by Crippen LogP contribution is 2.36. The van der Waals surface area contributed by atoms with Gasteiger partial charge in [-0.05, 0) is 36.2 Å². The van der Waals surface area contributed by atoms with Crippen LogP contribution in [-0.2, 0) is 23.8 Å². The molecule has 0 radical (unpaired) electrons. The van der Waals surface area contributed by atoms with Crippen LogP contribution in [0.2, 0.25) is 0 Å². The van der Waals surface area contributed by atoms with E-state index in [2.05, 4.69) is 15.5 Å². The van der Waals surface area contributed by atoms with Crippen molar-refractivity contribution in [1.82, 2.24) is 15.5 Å². The molecule has 3 aromatic rings. The molecule has 1 heterocycles. The number of rotatable bonds is 9. The first kappa shape index (κ1) is 24.3. The Morgan fingerprint density at radius 2 is 1.94 bits per heavy atom. The Balaban J connectivity index is 1.61. The first-order chi connectivity index (χ1) is 15.7. The van der Waals surface area contributed by atoms with Crippen molar-refractivity contribution in [2.45, 2.75) is 31.4 Å². The molecule has 0 fully saturated rings. The summed E-state index contributed by atoms with van der Waals surface area (Å²) in [4.78, 5) is 16.5. The fraction of sp³-hybridized carbons (Fsp3) is 0.286. The number of carbonyl (C=O) groups is 1. The Morgan fingerprint density at radius 1 is 1.21 bits per heavy atom. The Bertz CT molecular complexity index is 1080. The van der Waals surface area contributed by atoms with E-state index in [1.165, 1.54) is 6.07 Å². The minimum Gasteiger partial charge on any atom is -0.496 e. The average Bonchev–Trinajstić information content (AvgIpc) is 3.26. The van der Waals surface area contributed by atoms with E-state index in [0.29, 0.717) is 5.89 Å². The predicted octanol–water partition coefficient (Wildman–Crippen LogP) is 2.44. The summed E-state index contributed by atoms with van der Waals surface area (Å²) in [5.41, 5.74) is -0.125. The number of carbonyl (C=O) groups excluding carboxylic acids is 1. The number of alkyl halides is 3. The van der Waals surface area contributed by atoms with Gasteiger partial charge in [-0.25, -0.2) is 0 Å². The molecule has 174 valence electrons. The third kappa shape index (κ3) is 6.56. The van der Waals surface area contributed by atoms with E-state index in [4.69, 9.17) is 9.26 Å². The zero-order valence-corrected chi connectivity index (χ0v) is 17.5. The third-order valence-electron chi connectivity index (χ3n) is 4.80. The summed E-state index contributed by atoms with van der Waals surface area (Å²) < 4.78 is 49.6. The van der Waals surface area contributed by atoms with Crippen LogP contribution in [0, 0.1) is 0 Å². The van der Waals surface area contributed by atoms with Crippen molar-refractivity contribution < 1.29 is 37.3 Å². The molecule has 0 saturated heterocycles. The minimum atomic E-state index is -4.65. The van der Waals surface area contributed by atoms with Gasteiger partial charge in [-0.3, -0.25) is 4.79 Å². The number of benzene rings is 2. The predicted molar refractivity (Wildman–Crippen MR) is 112 cm³/mol. The smallest absolute Gasteiger partial charge is 0.475 e. The maximum Gasteiger partial charge on any atom is 0.475 e. The topological polar surface area (TPSA) is 118 Å². The standard InChI is InChI=1S/C21H21BF3N3O5/c1-32-16-8-7-13(11-15(16)21(23,24)25)12-17(22(30)31)26-19(29)10-9-18-27-20(33-28-18)14-5-3-2-4-6-14/h2-8,11,17,30-31H,9-10,12H2,1H3,(H,26,29)/t17-/m0/s1. The zero-order chi connectivity index (χ0) is 24.0. The van der Waals surface area contributed by atoms with Crippen LogP contribution in [0.5, 0.6) is 5.75 Å². The van der Waals surface area contributed by atoms with Crippen LogP contribution >= 0.6 is 0 Å². The summed E-state index contributed by atoms with van der Waals surface area (Å²) in [6, 6.07) is 12.4. The molecular weight excluding hydrogens is 442 g/mol. The molecular formula is C21H21BF3N3O5. The van der Waals surface area contributed by atoms with E-state index in [1.807, 2.05) is 18.2 Å². The minimum absolute atomic E-state index is 0.0899. The lowest BCUT2D eigenvalue weighted by atomic mass is 9.75. The summed E-state index contributed by atoms with van der Waals surface area (Å²) in [7, 11) is -0.864. The number of ether oxygens (including phenoxy) is 1. The van der Waals surface area contributed by atoms with Crippen molar-refractivity contribution in [2.75, 3.05) is 7.11 Å².